The molecular weight excluding hydrogens is 1170 g/mol. The van der Waals surface area contributed by atoms with E-state index in [1.807, 2.05) is 13.0 Å². The maximum atomic E-state index is 12.5. The second kappa shape index (κ2) is 32.6. The summed E-state index contributed by atoms with van der Waals surface area (Å²) in [6, 6.07) is 21.8. The number of nitrogens with zero attached hydrogens (tertiary/aromatic N) is 4. The van der Waals surface area contributed by atoms with E-state index in [4.69, 9.17) is 29.4 Å². The van der Waals surface area contributed by atoms with Gasteiger partial charge in [-0.3, -0.25) is 19.6 Å². The predicted octanol–water partition coefficient (Wildman–Crippen LogP) is 13.0. The fraction of sp³-hybridized carbons (Fsp3) is 0.531. The first-order valence-electron chi connectivity index (χ1n) is 28.3. The van der Waals surface area contributed by atoms with E-state index in [2.05, 4.69) is 139 Å². The minimum atomic E-state index is -0.781. The van der Waals surface area contributed by atoms with Crippen LogP contribution in [-0.4, -0.2) is 62.3 Å². The van der Waals surface area contributed by atoms with Gasteiger partial charge in [-0.1, -0.05) is 110 Å². The fourth-order valence-corrected chi connectivity index (χ4v) is 13.2. The van der Waals surface area contributed by atoms with Gasteiger partial charge in [0.15, 0.2) is 0 Å². The Kier molecular flexibility index (Phi) is 27.5. The Balaban J connectivity index is 0.000000261. The summed E-state index contributed by atoms with van der Waals surface area (Å²) in [5, 5.41) is 16.1. The van der Waals surface area contributed by atoms with E-state index < -0.39 is 5.97 Å². The average Bonchev–Trinajstić information content (AvgIpc) is 4.26. The summed E-state index contributed by atoms with van der Waals surface area (Å²) in [7, 11) is 0. The molecule has 0 radical (unpaired) electrons. The molecule has 422 valence electrons. The number of thiazole rings is 2. The molecule has 0 amide bonds. The molecule has 0 spiro atoms. The number of aliphatic carboxylic acids is 1. The zero-order valence-electron chi connectivity index (χ0n) is 48.2. The van der Waals surface area contributed by atoms with Crippen molar-refractivity contribution in [2.45, 2.75) is 200 Å². The van der Waals surface area contributed by atoms with Crippen LogP contribution >= 0.6 is 54.5 Å². The number of halogens is 2. The SMILES string of the molecule is C1CCOC1.CC(C)(C)c1ccc(Br)c(C(CC(=O)O)Cc2csc(CCCc3ccc4c(n3)CCCC4)n2)c1.CCOC(=O)CC(Cc1csc(CCCc2ccc3c(n2)CCCC3)n1)c1cc(C(C)(C)C)ccc1Br.[Na+].[OH-]. The number of fused-ring (bicyclic) bond motifs is 2. The number of hydrogen-bond acceptors (Lipinski definition) is 11. The smallest absolute Gasteiger partial charge is 0.870 e. The van der Waals surface area contributed by atoms with E-state index >= 15 is 0 Å². The second-order valence-electron chi connectivity index (χ2n) is 23.1. The van der Waals surface area contributed by atoms with Crippen LogP contribution in [0.15, 0.2) is 80.4 Å². The molecular formula is C64H83Br2N4NaO6S2. The van der Waals surface area contributed by atoms with E-state index in [1.165, 1.54) is 96.4 Å². The fourth-order valence-electron chi connectivity index (χ4n) is 10.4. The summed E-state index contributed by atoms with van der Waals surface area (Å²) in [6.45, 7) is 17.4. The molecule has 2 atom stereocenters. The number of aromatic nitrogens is 4. The first kappa shape index (κ1) is 66.6. The number of aryl methyl sites for hydroxylation is 8. The quantitative estimate of drug-likeness (QED) is 0.0612. The van der Waals surface area contributed by atoms with Crippen molar-refractivity contribution in [1.29, 1.82) is 0 Å². The molecule has 1 saturated heterocycles. The van der Waals surface area contributed by atoms with Gasteiger partial charge >= 0.3 is 41.5 Å². The Morgan fingerprint density at radius 1 is 0.608 bits per heavy atom. The minimum Gasteiger partial charge on any atom is -0.870 e. The Morgan fingerprint density at radius 2 is 1.05 bits per heavy atom. The molecule has 2 unspecified atom stereocenters. The second-order valence-corrected chi connectivity index (χ2v) is 26.7. The summed E-state index contributed by atoms with van der Waals surface area (Å²) < 4.78 is 12.3. The Labute approximate surface area is 518 Å². The van der Waals surface area contributed by atoms with Crippen LogP contribution in [0, 0.1) is 0 Å². The van der Waals surface area contributed by atoms with Gasteiger partial charge in [0, 0.05) is 67.5 Å². The normalized spacial score (nSPS) is 14.6. The number of carbonyl (C=O) groups is 2. The van der Waals surface area contributed by atoms with E-state index in [0.29, 0.717) is 25.9 Å². The molecule has 2 aromatic carbocycles. The maximum absolute atomic E-state index is 12.5. The third-order valence-corrected chi connectivity index (χ3v) is 18.2. The largest absolute Gasteiger partial charge is 1.00 e. The minimum absolute atomic E-state index is 0. The van der Waals surface area contributed by atoms with Crippen molar-refractivity contribution in [3.8, 4) is 0 Å². The molecule has 9 rings (SSSR count). The molecule has 0 bridgehead atoms. The van der Waals surface area contributed by atoms with Crippen LogP contribution in [0.3, 0.4) is 0 Å². The molecule has 15 heteroatoms. The molecule has 4 aromatic heterocycles. The van der Waals surface area contributed by atoms with Crippen LogP contribution in [0.4, 0.5) is 0 Å². The number of rotatable bonds is 19. The van der Waals surface area contributed by atoms with E-state index in [0.717, 1.165) is 106 Å². The van der Waals surface area contributed by atoms with Gasteiger partial charge in [-0.05, 0) is 191 Å². The molecule has 1 aliphatic heterocycles. The number of benzene rings is 2. The number of pyridine rings is 2. The van der Waals surface area contributed by atoms with Gasteiger partial charge in [0.1, 0.15) is 0 Å². The first-order valence-corrected chi connectivity index (χ1v) is 31.6. The van der Waals surface area contributed by atoms with Crippen LogP contribution in [0.25, 0.3) is 0 Å². The Bertz CT molecular complexity index is 2870. The van der Waals surface area contributed by atoms with Crippen LogP contribution in [-0.2, 0) is 94.1 Å². The average molecular weight is 1250 g/mol. The molecule has 2 N–H and O–H groups in total. The van der Waals surface area contributed by atoms with Crippen molar-refractivity contribution >= 4 is 66.5 Å². The monoisotopic (exact) mass is 1250 g/mol. The van der Waals surface area contributed by atoms with Crippen LogP contribution in [0.2, 0.25) is 0 Å². The van der Waals surface area contributed by atoms with Gasteiger partial charge in [0.05, 0.1) is 40.9 Å². The molecule has 0 saturated carbocycles. The van der Waals surface area contributed by atoms with E-state index in [1.54, 1.807) is 22.7 Å². The molecule has 2 aliphatic carbocycles. The topological polar surface area (TPSA) is 154 Å². The number of ether oxygens (including phenoxy) is 2. The summed E-state index contributed by atoms with van der Waals surface area (Å²) in [5.41, 5.74) is 14.6. The van der Waals surface area contributed by atoms with Crippen molar-refractivity contribution in [3.63, 3.8) is 0 Å². The standard InChI is InChI=1S/C31H39BrN2O2S.C29H35BrN2O2S.C4H8O.Na.H2O/c1-5-36-30(35)18-22(26-19-23(31(2,3)4)14-16-27(26)32)17-25-20-37-29(34-25)12-8-10-24-15-13-21-9-6-7-11-28(21)33-24;1-29(2,3)21-12-14-25(30)24(17-21)20(16-28(33)34)15-23-18-35-27(32-23)10-6-8-22-13-11-19-7-4-5-9-26(19)31-22;1-2-4-5-3-1;;/h13-16,19-20,22H,5-12,17-18H2,1-4H3;11-14,17-18,20H,4-10,15-16H2,1-3H3,(H,33,34);1-4H2;;1H2/q;;;+1;/p-1. The number of hydrogen-bond donors (Lipinski definition) is 1. The number of esters is 1. The molecule has 6 aromatic rings. The molecule has 10 nitrogen and oxygen atoms in total. The van der Waals surface area contributed by atoms with Crippen LogP contribution in [0.5, 0.6) is 0 Å². The van der Waals surface area contributed by atoms with Crippen molar-refractivity contribution in [2.75, 3.05) is 19.8 Å². The maximum Gasteiger partial charge on any atom is 1.00 e. The van der Waals surface area contributed by atoms with E-state index in [-0.39, 0.29) is 70.1 Å². The summed E-state index contributed by atoms with van der Waals surface area (Å²) in [4.78, 5) is 43.9. The van der Waals surface area contributed by atoms with E-state index in [9.17, 15) is 14.7 Å². The van der Waals surface area contributed by atoms with Gasteiger partial charge in [-0.15, -0.1) is 22.7 Å². The molecule has 79 heavy (non-hydrogen) atoms. The zero-order chi connectivity index (χ0) is 55.0. The van der Waals surface area contributed by atoms with Crippen LogP contribution < -0.4 is 29.6 Å². The predicted molar refractivity (Wildman–Crippen MR) is 324 cm³/mol. The van der Waals surface area contributed by atoms with Gasteiger partial charge in [-0.25, -0.2) is 9.97 Å². The summed E-state index contributed by atoms with van der Waals surface area (Å²) in [6.07, 6.45) is 19.9. The first-order chi connectivity index (χ1) is 36.9. The Morgan fingerprint density at radius 3 is 1.46 bits per heavy atom. The third-order valence-electron chi connectivity index (χ3n) is 14.8. The number of carbonyl (C=O) groups excluding carboxylic acids is 1. The van der Waals surface area contributed by atoms with Gasteiger partial charge in [-0.2, -0.15) is 0 Å². The van der Waals surface area contributed by atoms with Crippen molar-refractivity contribution < 1.29 is 59.2 Å². The number of carboxylic acids is 1. The van der Waals surface area contributed by atoms with Gasteiger partial charge < -0.3 is 20.1 Å². The summed E-state index contributed by atoms with van der Waals surface area (Å²) >= 11 is 10.8. The molecule has 3 aliphatic rings. The summed E-state index contributed by atoms with van der Waals surface area (Å²) in [5.74, 6) is -1.06. The third kappa shape index (κ3) is 21.2. The van der Waals surface area contributed by atoms with Crippen molar-refractivity contribution in [1.82, 2.24) is 19.9 Å². The van der Waals surface area contributed by atoms with Crippen molar-refractivity contribution in [3.05, 3.63) is 158 Å². The van der Waals surface area contributed by atoms with Crippen LogP contribution in [0.1, 0.15) is 202 Å². The molecule has 1 fully saturated rings. The molecule has 5 heterocycles. The van der Waals surface area contributed by atoms with Gasteiger partial charge in [0.25, 0.3) is 0 Å². The number of carboxylic acid groups (broad SMARTS) is 1. The zero-order valence-corrected chi connectivity index (χ0v) is 55.0. The Hall–Kier alpha value is -3.18. The van der Waals surface area contributed by atoms with Crippen molar-refractivity contribution in [2.24, 2.45) is 0 Å². The van der Waals surface area contributed by atoms with Gasteiger partial charge in [0.2, 0.25) is 0 Å².